The maximum atomic E-state index is 13.2. The zero-order valence-corrected chi connectivity index (χ0v) is 13.5. The summed E-state index contributed by atoms with van der Waals surface area (Å²) >= 11 is 2.14. The van der Waals surface area contributed by atoms with Crippen LogP contribution < -0.4 is 11.3 Å². The lowest BCUT2D eigenvalue weighted by atomic mass is 9.97. The van der Waals surface area contributed by atoms with E-state index in [-0.39, 0.29) is 11.9 Å². The minimum Gasteiger partial charge on any atom is -0.271 e. The Morgan fingerprint density at radius 3 is 2.45 bits per heavy atom. The fourth-order valence-electron chi connectivity index (χ4n) is 2.27. The summed E-state index contributed by atoms with van der Waals surface area (Å²) in [4.78, 5) is 0. The van der Waals surface area contributed by atoms with Crippen molar-refractivity contribution in [1.82, 2.24) is 5.43 Å². The molecule has 2 rings (SSSR count). The lowest BCUT2D eigenvalue weighted by Crippen LogP contribution is -2.29. The molecule has 3 N–H and O–H groups in total. The van der Waals surface area contributed by atoms with Gasteiger partial charge in [0.05, 0.1) is 6.04 Å². The van der Waals surface area contributed by atoms with Gasteiger partial charge >= 0.3 is 0 Å². The summed E-state index contributed by atoms with van der Waals surface area (Å²) in [6.07, 6.45) is 2.21. The molecule has 0 saturated heterocycles. The van der Waals surface area contributed by atoms with Gasteiger partial charge in [-0.3, -0.25) is 5.84 Å². The zero-order valence-electron chi connectivity index (χ0n) is 11.4. The monoisotopic (exact) mass is 384 g/mol. The molecule has 0 aliphatic carbocycles. The van der Waals surface area contributed by atoms with Crippen LogP contribution in [0, 0.1) is 9.39 Å². The van der Waals surface area contributed by atoms with Crippen molar-refractivity contribution < 1.29 is 4.39 Å². The molecule has 0 aliphatic rings. The van der Waals surface area contributed by atoms with E-state index in [1.54, 1.807) is 6.07 Å². The van der Waals surface area contributed by atoms with Crippen LogP contribution in [-0.2, 0) is 6.42 Å². The molecule has 106 valence electrons. The average Bonchev–Trinajstić information content (AvgIpc) is 2.44. The van der Waals surface area contributed by atoms with Crippen LogP contribution in [0.5, 0.6) is 0 Å². The molecule has 20 heavy (non-hydrogen) atoms. The van der Waals surface area contributed by atoms with Crippen LogP contribution >= 0.6 is 22.6 Å². The molecule has 2 aromatic carbocycles. The largest absolute Gasteiger partial charge is 0.271 e. The second kappa shape index (κ2) is 7.15. The van der Waals surface area contributed by atoms with Crippen molar-refractivity contribution in [2.75, 3.05) is 0 Å². The Morgan fingerprint density at radius 2 is 1.90 bits per heavy atom. The minimum atomic E-state index is -0.229. The topological polar surface area (TPSA) is 38.0 Å². The van der Waals surface area contributed by atoms with E-state index in [4.69, 9.17) is 5.84 Å². The molecule has 1 unspecified atom stereocenters. The molecule has 2 nitrogen and oxygen atoms in total. The Labute approximate surface area is 132 Å². The standard InChI is InChI=1S/C16H18FIN2/c1-2-3-11-4-6-12(7-5-11)16(20-19)14-9-8-13(17)10-15(14)18/h4-10,16,20H,2-3,19H2,1H3. The zero-order chi connectivity index (χ0) is 14.5. The number of rotatable bonds is 5. The molecule has 2 aromatic rings. The van der Waals surface area contributed by atoms with Crippen LogP contribution in [0.4, 0.5) is 4.39 Å². The van der Waals surface area contributed by atoms with Gasteiger partial charge in [-0.2, -0.15) is 0 Å². The SMILES string of the molecule is CCCc1ccc(C(NN)c2ccc(F)cc2I)cc1. The van der Waals surface area contributed by atoms with Crippen molar-refractivity contribution in [3.05, 3.63) is 68.5 Å². The molecule has 0 aromatic heterocycles. The first-order valence-electron chi connectivity index (χ1n) is 6.65. The van der Waals surface area contributed by atoms with Crippen LogP contribution in [0.1, 0.15) is 36.1 Å². The van der Waals surface area contributed by atoms with Gasteiger partial charge in [-0.1, -0.05) is 43.7 Å². The number of halogens is 2. The van der Waals surface area contributed by atoms with Crippen molar-refractivity contribution >= 4 is 22.6 Å². The Bertz CT molecular complexity index is 569. The average molecular weight is 384 g/mol. The Hall–Kier alpha value is -0.980. The summed E-state index contributed by atoms with van der Waals surface area (Å²) in [5, 5.41) is 0. The highest BCUT2D eigenvalue weighted by Crippen LogP contribution is 2.26. The van der Waals surface area contributed by atoms with Gasteiger partial charge in [-0.15, -0.1) is 0 Å². The second-order valence-electron chi connectivity index (χ2n) is 4.76. The fourth-order valence-corrected chi connectivity index (χ4v) is 3.06. The molecule has 4 heteroatoms. The first-order valence-corrected chi connectivity index (χ1v) is 7.73. The smallest absolute Gasteiger partial charge is 0.124 e. The third kappa shape index (κ3) is 3.56. The van der Waals surface area contributed by atoms with Crippen molar-refractivity contribution in [3.8, 4) is 0 Å². The van der Waals surface area contributed by atoms with E-state index in [1.165, 1.54) is 17.7 Å². The van der Waals surface area contributed by atoms with Gasteiger partial charge < -0.3 is 0 Å². The lowest BCUT2D eigenvalue weighted by molar-refractivity contribution is 0.612. The Balaban J connectivity index is 2.31. The molecule has 0 heterocycles. The summed E-state index contributed by atoms with van der Waals surface area (Å²) in [6, 6.07) is 13.0. The highest BCUT2D eigenvalue weighted by atomic mass is 127. The molecule has 1 atom stereocenters. The summed E-state index contributed by atoms with van der Waals surface area (Å²) in [7, 11) is 0. The van der Waals surface area contributed by atoms with Gasteiger partial charge in [-0.25, -0.2) is 9.82 Å². The molecule has 0 aliphatic heterocycles. The normalized spacial score (nSPS) is 12.4. The summed E-state index contributed by atoms with van der Waals surface area (Å²) in [5.41, 5.74) is 6.20. The van der Waals surface area contributed by atoms with Gasteiger partial charge in [0.2, 0.25) is 0 Å². The minimum absolute atomic E-state index is 0.127. The van der Waals surface area contributed by atoms with Crippen molar-refractivity contribution in [3.63, 3.8) is 0 Å². The molecular formula is C16H18FIN2. The van der Waals surface area contributed by atoms with Crippen LogP contribution in [0.15, 0.2) is 42.5 Å². The second-order valence-corrected chi connectivity index (χ2v) is 5.92. The predicted molar refractivity (Wildman–Crippen MR) is 88.7 cm³/mol. The molecule has 0 radical (unpaired) electrons. The first kappa shape index (κ1) is 15.4. The number of aryl methyl sites for hydroxylation is 1. The maximum Gasteiger partial charge on any atom is 0.124 e. The van der Waals surface area contributed by atoms with Gasteiger partial charge in [0.25, 0.3) is 0 Å². The molecule has 0 bridgehead atoms. The fraction of sp³-hybridized carbons (Fsp3) is 0.250. The van der Waals surface area contributed by atoms with Gasteiger partial charge in [0, 0.05) is 3.57 Å². The van der Waals surface area contributed by atoms with E-state index in [1.807, 2.05) is 0 Å². The molecular weight excluding hydrogens is 366 g/mol. The molecule has 0 amide bonds. The van der Waals surface area contributed by atoms with Gasteiger partial charge in [0.15, 0.2) is 0 Å². The van der Waals surface area contributed by atoms with E-state index in [0.29, 0.717) is 0 Å². The van der Waals surface area contributed by atoms with Crippen molar-refractivity contribution in [2.24, 2.45) is 5.84 Å². The van der Waals surface area contributed by atoms with Crippen LogP contribution in [-0.4, -0.2) is 0 Å². The summed E-state index contributed by atoms with van der Waals surface area (Å²) < 4.78 is 14.1. The van der Waals surface area contributed by atoms with E-state index in [0.717, 1.165) is 27.5 Å². The van der Waals surface area contributed by atoms with Crippen molar-refractivity contribution in [2.45, 2.75) is 25.8 Å². The molecule has 0 saturated carbocycles. The molecule has 0 fully saturated rings. The van der Waals surface area contributed by atoms with Gasteiger partial charge in [-0.05, 0) is 57.8 Å². The molecule has 0 spiro atoms. The van der Waals surface area contributed by atoms with Crippen LogP contribution in [0.3, 0.4) is 0 Å². The number of hydrogen-bond donors (Lipinski definition) is 2. The number of benzene rings is 2. The Morgan fingerprint density at radius 1 is 1.20 bits per heavy atom. The predicted octanol–water partition coefficient (Wildman–Crippen LogP) is 3.94. The van der Waals surface area contributed by atoms with E-state index >= 15 is 0 Å². The highest BCUT2D eigenvalue weighted by Gasteiger charge is 2.15. The number of nitrogens with one attached hydrogen (secondary N) is 1. The van der Waals surface area contributed by atoms with E-state index in [9.17, 15) is 4.39 Å². The summed E-state index contributed by atoms with van der Waals surface area (Å²) in [6.45, 7) is 2.17. The number of hydrazine groups is 1. The van der Waals surface area contributed by atoms with Gasteiger partial charge in [0.1, 0.15) is 5.82 Å². The first-order chi connectivity index (χ1) is 9.65. The maximum absolute atomic E-state index is 13.2. The number of hydrogen-bond acceptors (Lipinski definition) is 2. The number of nitrogens with two attached hydrogens (primary N) is 1. The van der Waals surface area contributed by atoms with E-state index < -0.39 is 0 Å². The third-order valence-electron chi connectivity index (χ3n) is 3.29. The summed E-state index contributed by atoms with van der Waals surface area (Å²) in [5.74, 6) is 5.46. The third-order valence-corrected chi connectivity index (χ3v) is 4.23. The van der Waals surface area contributed by atoms with Crippen LogP contribution in [0.2, 0.25) is 0 Å². The highest BCUT2D eigenvalue weighted by molar-refractivity contribution is 14.1. The Kier molecular flexibility index (Phi) is 5.51. The van der Waals surface area contributed by atoms with Crippen molar-refractivity contribution in [1.29, 1.82) is 0 Å². The van der Waals surface area contributed by atoms with E-state index in [2.05, 4.69) is 59.2 Å². The lowest BCUT2D eigenvalue weighted by Gasteiger charge is -2.19. The quantitative estimate of drug-likeness (QED) is 0.466. The van der Waals surface area contributed by atoms with Crippen LogP contribution in [0.25, 0.3) is 0 Å².